The average Bonchev–Trinajstić information content (AvgIpc) is 3.17. The number of amides is 1. The molecule has 1 heterocycles. The van der Waals surface area contributed by atoms with Crippen molar-refractivity contribution in [2.24, 2.45) is 0 Å². The van der Waals surface area contributed by atoms with Crippen LogP contribution in [0.15, 0.2) is 59.5 Å². The van der Waals surface area contributed by atoms with Gasteiger partial charge in [-0.25, -0.2) is 0 Å². The molecular weight excluding hydrogens is 322 g/mol. The Morgan fingerprint density at radius 3 is 2.38 bits per heavy atom. The Balaban J connectivity index is 1.84. The van der Waals surface area contributed by atoms with Crippen LogP contribution in [0.5, 0.6) is 0 Å². The third-order valence-corrected chi connectivity index (χ3v) is 4.12. The minimum atomic E-state index is 0.132. The number of unbranched alkanes of at least 4 members (excludes halogenated alkanes) is 5. The van der Waals surface area contributed by atoms with Gasteiger partial charge in [0.1, 0.15) is 0 Å². The Labute approximate surface area is 159 Å². The lowest BCUT2D eigenvalue weighted by molar-refractivity contribution is -0.121. The van der Waals surface area contributed by atoms with Crippen LogP contribution in [0.4, 0.5) is 0 Å². The van der Waals surface area contributed by atoms with Crippen LogP contribution >= 0.6 is 0 Å². The van der Waals surface area contributed by atoms with Gasteiger partial charge in [-0.05, 0) is 44.6 Å². The molecule has 0 bridgehead atoms. The fraction of sp³-hybridized carbons (Fsp3) is 0.522. The summed E-state index contributed by atoms with van der Waals surface area (Å²) in [5, 5.41) is 2.92. The highest BCUT2D eigenvalue weighted by atomic mass is 16.3. The molecule has 0 saturated carbocycles. The number of rotatable bonds is 15. The number of hydrogen-bond donors (Lipinski definition) is 1. The highest BCUT2D eigenvalue weighted by molar-refractivity contribution is 5.75. The van der Waals surface area contributed by atoms with Gasteiger partial charge in [0.15, 0.2) is 0 Å². The molecule has 3 heteroatoms. The number of carbonyl (C=O) groups excluding carboxylic acids is 1. The highest BCUT2D eigenvalue weighted by Gasteiger charge is 2.01. The van der Waals surface area contributed by atoms with Crippen molar-refractivity contribution >= 4 is 5.91 Å². The molecule has 3 nitrogen and oxygen atoms in total. The van der Waals surface area contributed by atoms with E-state index in [4.69, 9.17) is 4.42 Å². The molecule has 0 aliphatic carbocycles. The Morgan fingerprint density at radius 1 is 0.962 bits per heavy atom. The van der Waals surface area contributed by atoms with Crippen LogP contribution in [0.1, 0.15) is 76.7 Å². The van der Waals surface area contributed by atoms with Gasteiger partial charge in [0.05, 0.1) is 12.5 Å². The molecule has 0 spiro atoms. The molecule has 0 radical (unpaired) electrons. The van der Waals surface area contributed by atoms with Crippen LogP contribution in [-0.2, 0) is 11.3 Å². The fourth-order valence-corrected chi connectivity index (χ4v) is 2.59. The second kappa shape index (κ2) is 16.4. The molecule has 0 unspecified atom stereocenters. The van der Waals surface area contributed by atoms with Gasteiger partial charge < -0.3 is 9.73 Å². The van der Waals surface area contributed by atoms with Crippen LogP contribution in [0.3, 0.4) is 0 Å². The summed E-state index contributed by atoms with van der Waals surface area (Å²) in [6.45, 7) is 2.72. The first-order valence-electron chi connectivity index (χ1n) is 10.1. The molecule has 144 valence electrons. The standard InChI is InChI=1S/C23H35NO2/c1-2-3-4-5-6-7-8-9-10-11-12-13-14-15-16-17-23(25)24-20-22-18-19-26-21-22/h3-4,6-7,9-10,18-19,21H,2,5,8,11-17,20H2,1H3,(H,24,25)/b4-3-,7-6-,10-9-. The Bertz CT molecular complexity index is 526. The summed E-state index contributed by atoms with van der Waals surface area (Å²) in [6, 6.07) is 1.87. The number of furan rings is 1. The molecule has 1 rings (SSSR count). The first kappa shape index (κ1) is 22.0. The van der Waals surface area contributed by atoms with Crippen molar-refractivity contribution in [1.82, 2.24) is 5.32 Å². The largest absolute Gasteiger partial charge is 0.472 e. The van der Waals surface area contributed by atoms with E-state index >= 15 is 0 Å². The van der Waals surface area contributed by atoms with Crippen molar-refractivity contribution in [2.45, 2.75) is 77.7 Å². The molecule has 0 atom stereocenters. The van der Waals surface area contributed by atoms with E-state index in [1.165, 1.54) is 19.3 Å². The summed E-state index contributed by atoms with van der Waals surface area (Å²) >= 11 is 0. The van der Waals surface area contributed by atoms with E-state index in [9.17, 15) is 4.79 Å². The topological polar surface area (TPSA) is 42.2 Å². The molecule has 0 aliphatic heterocycles. The van der Waals surface area contributed by atoms with Crippen LogP contribution in [0, 0.1) is 0 Å². The number of carbonyl (C=O) groups is 1. The van der Waals surface area contributed by atoms with Crippen LogP contribution < -0.4 is 5.32 Å². The molecule has 0 aromatic carbocycles. The van der Waals surface area contributed by atoms with E-state index in [0.717, 1.165) is 44.1 Å². The molecule has 1 amide bonds. The van der Waals surface area contributed by atoms with E-state index < -0.39 is 0 Å². The van der Waals surface area contributed by atoms with Gasteiger partial charge in [-0.2, -0.15) is 0 Å². The zero-order valence-electron chi connectivity index (χ0n) is 16.3. The summed E-state index contributed by atoms with van der Waals surface area (Å²) in [5.41, 5.74) is 1.01. The van der Waals surface area contributed by atoms with Gasteiger partial charge in [0.25, 0.3) is 0 Å². The second-order valence-corrected chi connectivity index (χ2v) is 6.51. The van der Waals surface area contributed by atoms with Gasteiger partial charge in [0, 0.05) is 18.5 Å². The zero-order valence-corrected chi connectivity index (χ0v) is 16.3. The summed E-state index contributed by atoms with van der Waals surface area (Å²) < 4.78 is 4.98. The van der Waals surface area contributed by atoms with E-state index in [-0.39, 0.29) is 5.91 Å². The number of hydrogen-bond acceptors (Lipinski definition) is 2. The maximum Gasteiger partial charge on any atom is 0.220 e. The van der Waals surface area contributed by atoms with E-state index in [2.05, 4.69) is 48.7 Å². The lowest BCUT2D eigenvalue weighted by Gasteiger charge is -2.03. The van der Waals surface area contributed by atoms with Crippen molar-refractivity contribution in [2.75, 3.05) is 0 Å². The van der Waals surface area contributed by atoms with Crippen molar-refractivity contribution in [3.8, 4) is 0 Å². The fourth-order valence-electron chi connectivity index (χ4n) is 2.59. The maximum absolute atomic E-state index is 11.7. The Morgan fingerprint density at radius 2 is 1.65 bits per heavy atom. The lowest BCUT2D eigenvalue weighted by atomic mass is 10.1. The Kier molecular flexibility index (Phi) is 13.9. The molecule has 0 aliphatic rings. The minimum absolute atomic E-state index is 0.132. The number of allylic oxidation sites excluding steroid dienone is 6. The first-order valence-corrected chi connectivity index (χ1v) is 10.1. The van der Waals surface area contributed by atoms with E-state index in [1.807, 2.05) is 6.07 Å². The second-order valence-electron chi connectivity index (χ2n) is 6.51. The summed E-state index contributed by atoms with van der Waals surface area (Å²) in [5.74, 6) is 0.132. The predicted octanol–water partition coefficient (Wildman–Crippen LogP) is 6.49. The van der Waals surface area contributed by atoms with Crippen molar-refractivity contribution in [3.05, 3.63) is 60.6 Å². The van der Waals surface area contributed by atoms with Crippen molar-refractivity contribution in [3.63, 3.8) is 0 Å². The lowest BCUT2D eigenvalue weighted by Crippen LogP contribution is -2.21. The summed E-state index contributed by atoms with van der Waals surface area (Å²) in [4.78, 5) is 11.7. The van der Waals surface area contributed by atoms with Crippen LogP contribution in [0.2, 0.25) is 0 Å². The minimum Gasteiger partial charge on any atom is -0.472 e. The summed E-state index contributed by atoms with van der Waals surface area (Å²) in [7, 11) is 0. The molecule has 1 N–H and O–H groups in total. The third-order valence-electron chi connectivity index (χ3n) is 4.12. The third kappa shape index (κ3) is 13.3. The molecule has 1 aromatic heterocycles. The molecule has 0 fully saturated rings. The normalized spacial score (nSPS) is 11.9. The molecule has 1 aromatic rings. The van der Waals surface area contributed by atoms with Gasteiger partial charge in [0.2, 0.25) is 5.91 Å². The molecular formula is C23H35NO2. The van der Waals surface area contributed by atoms with E-state index in [0.29, 0.717) is 13.0 Å². The van der Waals surface area contributed by atoms with Gasteiger partial charge in [-0.15, -0.1) is 0 Å². The quantitative estimate of drug-likeness (QED) is 0.288. The monoisotopic (exact) mass is 357 g/mol. The van der Waals surface area contributed by atoms with Crippen LogP contribution in [0.25, 0.3) is 0 Å². The average molecular weight is 358 g/mol. The van der Waals surface area contributed by atoms with Gasteiger partial charge in [-0.1, -0.05) is 62.6 Å². The summed E-state index contributed by atoms with van der Waals surface area (Å²) in [6.07, 6.45) is 27.5. The smallest absolute Gasteiger partial charge is 0.220 e. The predicted molar refractivity (Wildman–Crippen MR) is 110 cm³/mol. The van der Waals surface area contributed by atoms with Crippen molar-refractivity contribution in [1.29, 1.82) is 0 Å². The van der Waals surface area contributed by atoms with E-state index in [1.54, 1.807) is 12.5 Å². The molecule has 26 heavy (non-hydrogen) atoms. The molecule has 0 saturated heterocycles. The SMILES string of the molecule is CC/C=C\C/C=C\C/C=C\CCCCCCCC(=O)NCc1ccoc1. The first-order chi connectivity index (χ1) is 12.8. The van der Waals surface area contributed by atoms with Crippen molar-refractivity contribution < 1.29 is 9.21 Å². The van der Waals surface area contributed by atoms with Gasteiger partial charge >= 0.3 is 0 Å². The number of nitrogens with one attached hydrogen (secondary N) is 1. The zero-order chi connectivity index (χ0) is 18.7. The maximum atomic E-state index is 11.7. The van der Waals surface area contributed by atoms with Crippen LogP contribution in [-0.4, -0.2) is 5.91 Å². The van der Waals surface area contributed by atoms with Gasteiger partial charge in [-0.3, -0.25) is 4.79 Å². The Hall–Kier alpha value is -2.03. The highest BCUT2D eigenvalue weighted by Crippen LogP contribution is 2.08.